The van der Waals surface area contributed by atoms with Gasteiger partial charge in [-0.05, 0) is 51.5 Å². The number of nitrogens with one attached hydrogen (secondary N) is 1. The molecule has 1 amide bonds. The molecule has 0 aliphatic carbocycles. The van der Waals surface area contributed by atoms with Crippen LogP contribution in [0.2, 0.25) is 0 Å². The van der Waals surface area contributed by atoms with E-state index in [2.05, 4.69) is 5.32 Å². The molecule has 1 aromatic rings. The fraction of sp³-hybridized carbons (Fsp3) is 0.500. The molecule has 0 aliphatic rings. The van der Waals surface area contributed by atoms with Crippen molar-refractivity contribution >= 4 is 24.1 Å². The Hall–Kier alpha value is -1.59. The Morgan fingerprint density at radius 3 is 2.32 bits per heavy atom. The third kappa shape index (κ3) is 8.64. The first-order chi connectivity index (χ1) is 9.78. The predicted octanol–water partition coefficient (Wildman–Crippen LogP) is 2.32. The molecule has 5 nitrogen and oxygen atoms in total. The van der Waals surface area contributed by atoms with E-state index < -0.39 is 5.54 Å². The van der Waals surface area contributed by atoms with Crippen LogP contribution in [0.25, 0.3) is 0 Å². The monoisotopic (exact) mass is 328 g/mol. The first-order valence-electron chi connectivity index (χ1n) is 7.07. The normalized spacial score (nSPS) is 10.5. The molecule has 124 valence electrons. The number of ketones is 1. The van der Waals surface area contributed by atoms with Gasteiger partial charge < -0.3 is 15.8 Å². The summed E-state index contributed by atoms with van der Waals surface area (Å²) < 4.78 is 5.52. The highest BCUT2D eigenvalue weighted by Crippen LogP contribution is 2.13. The molecular formula is C16H25ClN2O3. The SMILES string of the molecule is CC(=O)c1ccc(OCCCC(=O)NCC(C)(C)N)cc1.Cl. The Bertz CT molecular complexity index is 481. The molecular weight excluding hydrogens is 304 g/mol. The maximum Gasteiger partial charge on any atom is 0.220 e. The largest absolute Gasteiger partial charge is 0.494 e. The van der Waals surface area contributed by atoms with E-state index in [1.165, 1.54) is 6.92 Å². The van der Waals surface area contributed by atoms with Gasteiger partial charge in [-0.15, -0.1) is 12.4 Å². The van der Waals surface area contributed by atoms with Crippen molar-refractivity contribution in [3.8, 4) is 5.75 Å². The number of ether oxygens (including phenoxy) is 1. The van der Waals surface area contributed by atoms with E-state index >= 15 is 0 Å². The molecule has 1 rings (SSSR count). The molecule has 1 aromatic carbocycles. The highest BCUT2D eigenvalue weighted by molar-refractivity contribution is 5.94. The zero-order valence-electron chi connectivity index (χ0n) is 13.3. The van der Waals surface area contributed by atoms with Crippen molar-refractivity contribution in [2.24, 2.45) is 5.73 Å². The van der Waals surface area contributed by atoms with Crippen molar-refractivity contribution < 1.29 is 14.3 Å². The first kappa shape index (κ1) is 20.4. The Morgan fingerprint density at radius 1 is 1.23 bits per heavy atom. The van der Waals surface area contributed by atoms with Gasteiger partial charge in [-0.1, -0.05) is 0 Å². The minimum absolute atomic E-state index is 0. The van der Waals surface area contributed by atoms with E-state index in [1.807, 2.05) is 13.8 Å². The first-order valence-corrected chi connectivity index (χ1v) is 7.07. The minimum atomic E-state index is -0.398. The fourth-order valence-corrected chi connectivity index (χ4v) is 1.62. The number of nitrogens with two attached hydrogens (primary N) is 1. The molecule has 0 spiro atoms. The Kier molecular flexibility index (Phi) is 8.75. The van der Waals surface area contributed by atoms with Crippen molar-refractivity contribution in [2.75, 3.05) is 13.2 Å². The van der Waals surface area contributed by atoms with Crippen LogP contribution in [0.4, 0.5) is 0 Å². The Balaban J connectivity index is 0.00000441. The molecule has 3 N–H and O–H groups in total. The van der Waals surface area contributed by atoms with Gasteiger partial charge in [-0.25, -0.2) is 0 Å². The quantitative estimate of drug-likeness (QED) is 0.567. The highest BCUT2D eigenvalue weighted by atomic mass is 35.5. The molecule has 0 saturated heterocycles. The number of hydrogen-bond acceptors (Lipinski definition) is 4. The molecule has 0 aromatic heterocycles. The van der Waals surface area contributed by atoms with Crippen molar-refractivity contribution in [1.29, 1.82) is 0 Å². The van der Waals surface area contributed by atoms with Crippen molar-refractivity contribution in [1.82, 2.24) is 5.32 Å². The maximum atomic E-state index is 11.6. The van der Waals surface area contributed by atoms with Gasteiger partial charge in [0, 0.05) is 24.1 Å². The number of carbonyl (C=O) groups excluding carboxylic acids is 2. The maximum absolute atomic E-state index is 11.6. The highest BCUT2D eigenvalue weighted by Gasteiger charge is 2.11. The molecule has 0 atom stereocenters. The van der Waals surface area contributed by atoms with Crippen molar-refractivity contribution in [3.05, 3.63) is 29.8 Å². The van der Waals surface area contributed by atoms with Gasteiger partial charge in [0.05, 0.1) is 6.61 Å². The predicted molar refractivity (Wildman–Crippen MR) is 89.7 cm³/mol. The van der Waals surface area contributed by atoms with Gasteiger partial charge >= 0.3 is 0 Å². The molecule has 0 aliphatic heterocycles. The van der Waals surface area contributed by atoms with Gasteiger partial charge in [-0.3, -0.25) is 9.59 Å². The number of benzene rings is 1. The van der Waals surface area contributed by atoms with E-state index in [9.17, 15) is 9.59 Å². The van der Waals surface area contributed by atoms with Crippen molar-refractivity contribution in [2.45, 2.75) is 39.2 Å². The smallest absolute Gasteiger partial charge is 0.220 e. The molecule has 0 fully saturated rings. The van der Waals surface area contributed by atoms with Gasteiger partial charge in [0.25, 0.3) is 0 Å². The minimum Gasteiger partial charge on any atom is -0.494 e. The molecule has 0 radical (unpaired) electrons. The van der Waals surface area contributed by atoms with Crippen LogP contribution in [0, 0.1) is 0 Å². The van der Waals surface area contributed by atoms with Crippen LogP contribution in [-0.4, -0.2) is 30.4 Å². The van der Waals surface area contributed by atoms with E-state index in [0.717, 1.165) is 0 Å². The molecule has 6 heteroatoms. The average Bonchev–Trinajstić information content (AvgIpc) is 2.41. The third-order valence-electron chi connectivity index (χ3n) is 2.82. The standard InChI is InChI=1S/C16H24N2O3.ClH/c1-12(19)13-6-8-14(9-7-13)21-10-4-5-15(20)18-11-16(2,3)17;/h6-9H,4-5,10-11,17H2,1-3H3,(H,18,20);1H. The fourth-order valence-electron chi connectivity index (χ4n) is 1.62. The lowest BCUT2D eigenvalue weighted by Crippen LogP contribution is -2.45. The topological polar surface area (TPSA) is 81.4 Å². The molecule has 0 unspecified atom stereocenters. The second-order valence-electron chi connectivity index (χ2n) is 5.80. The Morgan fingerprint density at radius 2 is 1.82 bits per heavy atom. The third-order valence-corrected chi connectivity index (χ3v) is 2.82. The van der Waals surface area contributed by atoms with Crippen LogP contribution in [0.5, 0.6) is 5.75 Å². The summed E-state index contributed by atoms with van der Waals surface area (Å²) in [4.78, 5) is 22.7. The second kappa shape index (κ2) is 9.43. The summed E-state index contributed by atoms with van der Waals surface area (Å²) in [7, 11) is 0. The summed E-state index contributed by atoms with van der Waals surface area (Å²) in [5, 5.41) is 2.78. The van der Waals surface area contributed by atoms with Gasteiger partial charge in [-0.2, -0.15) is 0 Å². The molecule has 0 bridgehead atoms. The van der Waals surface area contributed by atoms with Gasteiger partial charge in [0.15, 0.2) is 5.78 Å². The zero-order chi connectivity index (χ0) is 15.9. The zero-order valence-corrected chi connectivity index (χ0v) is 14.2. The number of carbonyl (C=O) groups is 2. The van der Waals surface area contributed by atoms with Crippen LogP contribution in [0.3, 0.4) is 0 Å². The van der Waals surface area contributed by atoms with E-state index in [0.29, 0.717) is 37.3 Å². The van der Waals surface area contributed by atoms with Gasteiger partial charge in [0.1, 0.15) is 5.75 Å². The van der Waals surface area contributed by atoms with E-state index in [-0.39, 0.29) is 24.1 Å². The van der Waals surface area contributed by atoms with Crippen LogP contribution >= 0.6 is 12.4 Å². The van der Waals surface area contributed by atoms with Crippen LogP contribution in [-0.2, 0) is 4.79 Å². The van der Waals surface area contributed by atoms with Crippen LogP contribution in [0.15, 0.2) is 24.3 Å². The number of amides is 1. The lowest BCUT2D eigenvalue weighted by Gasteiger charge is -2.18. The summed E-state index contributed by atoms with van der Waals surface area (Å²) in [6.07, 6.45) is 1.03. The lowest BCUT2D eigenvalue weighted by atomic mass is 10.1. The summed E-state index contributed by atoms with van der Waals surface area (Å²) >= 11 is 0. The Labute approximate surface area is 138 Å². The number of rotatable bonds is 8. The second-order valence-corrected chi connectivity index (χ2v) is 5.80. The lowest BCUT2D eigenvalue weighted by molar-refractivity contribution is -0.121. The van der Waals surface area contributed by atoms with Crippen LogP contribution < -0.4 is 15.8 Å². The van der Waals surface area contributed by atoms with Crippen LogP contribution in [0.1, 0.15) is 44.0 Å². The van der Waals surface area contributed by atoms with E-state index in [4.69, 9.17) is 10.5 Å². The average molecular weight is 329 g/mol. The molecule has 22 heavy (non-hydrogen) atoms. The summed E-state index contributed by atoms with van der Waals surface area (Å²) in [5.74, 6) is 0.702. The summed E-state index contributed by atoms with van der Waals surface area (Å²) in [6, 6.07) is 6.98. The summed E-state index contributed by atoms with van der Waals surface area (Å²) in [6.45, 7) is 6.16. The van der Waals surface area contributed by atoms with E-state index in [1.54, 1.807) is 24.3 Å². The number of halogens is 1. The number of Topliss-reactive ketones (excluding diaryl/α,β-unsaturated/α-hetero) is 1. The summed E-state index contributed by atoms with van der Waals surface area (Å²) in [5.41, 5.74) is 6.04. The van der Waals surface area contributed by atoms with Gasteiger partial charge in [0.2, 0.25) is 5.91 Å². The van der Waals surface area contributed by atoms with Crippen molar-refractivity contribution in [3.63, 3.8) is 0 Å². The molecule has 0 saturated carbocycles. The number of hydrogen-bond donors (Lipinski definition) is 2. The molecule has 0 heterocycles.